The molecule has 1 fully saturated rings. The molecule has 5 nitrogen and oxygen atoms in total. The van der Waals surface area contributed by atoms with Gasteiger partial charge >= 0.3 is 0 Å². The maximum absolute atomic E-state index is 10.0. The van der Waals surface area contributed by atoms with E-state index in [0.717, 1.165) is 13.0 Å². The van der Waals surface area contributed by atoms with Crippen molar-refractivity contribution in [2.75, 3.05) is 6.61 Å². The van der Waals surface area contributed by atoms with Crippen molar-refractivity contribution in [2.24, 2.45) is 13.0 Å². The number of aromatic nitrogens is 3. The molecule has 1 aromatic rings. The van der Waals surface area contributed by atoms with E-state index < -0.39 is 6.10 Å². The van der Waals surface area contributed by atoms with Gasteiger partial charge in [0.25, 0.3) is 0 Å². The monoisotopic (exact) mass is 197 g/mol. The fourth-order valence-corrected chi connectivity index (χ4v) is 1.84. The Kier molecular flexibility index (Phi) is 2.52. The molecule has 2 rings (SSSR count). The lowest BCUT2D eigenvalue weighted by atomic mass is 9.99. The second-order valence-electron chi connectivity index (χ2n) is 3.79. The minimum atomic E-state index is -0.667. The van der Waals surface area contributed by atoms with E-state index in [2.05, 4.69) is 17.0 Å². The lowest BCUT2D eigenvalue weighted by Crippen LogP contribution is -2.25. The first-order valence-electron chi connectivity index (χ1n) is 4.83. The second kappa shape index (κ2) is 3.67. The molecule has 14 heavy (non-hydrogen) atoms. The van der Waals surface area contributed by atoms with Crippen LogP contribution in [-0.4, -0.2) is 32.6 Å². The van der Waals surface area contributed by atoms with Crippen LogP contribution in [0.4, 0.5) is 0 Å². The molecule has 5 heteroatoms. The third-order valence-electron chi connectivity index (χ3n) is 2.77. The van der Waals surface area contributed by atoms with E-state index in [1.807, 2.05) is 0 Å². The van der Waals surface area contributed by atoms with E-state index in [9.17, 15) is 5.11 Å². The average Bonchev–Trinajstić information content (AvgIpc) is 2.73. The first-order valence-corrected chi connectivity index (χ1v) is 4.83. The Hall–Kier alpha value is -0.940. The summed E-state index contributed by atoms with van der Waals surface area (Å²) in [5.41, 5.74) is 0. The van der Waals surface area contributed by atoms with Gasteiger partial charge in [-0.2, -0.15) is 5.10 Å². The minimum absolute atomic E-state index is 0.141. The number of hydrogen-bond acceptors (Lipinski definition) is 4. The molecule has 0 spiro atoms. The van der Waals surface area contributed by atoms with E-state index >= 15 is 0 Å². The van der Waals surface area contributed by atoms with Crippen molar-refractivity contribution >= 4 is 0 Å². The molecule has 2 heterocycles. The van der Waals surface area contributed by atoms with Crippen LogP contribution in [0.2, 0.25) is 0 Å². The fourth-order valence-electron chi connectivity index (χ4n) is 1.84. The van der Waals surface area contributed by atoms with E-state index in [1.54, 1.807) is 11.7 Å². The molecular formula is C9H15N3O2. The summed E-state index contributed by atoms with van der Waals surface area (Å²) >= 11 is 0. The molecule has 1 aliphatic rings. The average molecular weight is 197 g/mol. The summed E-state index contributed by atoms with van der Waals surface area (Å²) in [7, 11) is 1.77. The summed E-state index contributed by atoms with van der Waals surface area (Å²) in [6, 6.07) is 0. The van der Waals surface area contributed by atoms with Crippen molar-refractivity contribution in [3.63, 3.8) is 0 Å². The number of ether oxygens (including phenoxy) is 1. The summed E-state index contributed by atoms with van der Waals surface area (Å²) < 4.78 is 7.06. The molecular weight excluding hydrogens is 182 g/mol. The molecule has 3 atom stereocenters. The van der Waals surface area contributed by atoms with E-state index in [-0.39, 0.29) is 6.10 Å². The molecule has 1 aromatic heterocycles. The number of rotatable bonds is 2. The first-order chi connectivity index (χ1) is 6.70. The van der Waals surface area contributed by atoms with E-state index in [1.165, 1.54) is 6.33 Å². The van der Waals surface area contributed by atoms with Gasteiger partial charge in [0.1, 0.15) is 12.4 Å². The SMILES string of the molecule is CC1CCOC1C(O)c1ncnn1C. The van der Waals surface area contributed by atoms with Gasteiger partial charge in [-0.05, 0) is 12.3 Å². The maximum Gasteiger partial charge on any atom is 0.158 e. The maximum atomic E-state index is 10.0. The topological polar surface area (TPSA) is 60.2 Å². The van der Waals surface area contributed by atoms with Gasteiger partial charge in [-0.3, -0.25) is 4.68 Å². The van der Waals surface area contributed by atoms with Crippen molar-refractivity contribution in [1.29, 1.82) is 0 Å². The van der Waals surface area contributed by atoms with Crippen LogP contribution >= 0.6 is 0 Å². The van der Waals surface area contributed by atoms with Crippen LogP contribution in [0.3, 0.4) is 0 Å². The number of aliphatic hydroxyl groups is 1. The van der Waals surface area contributed by atoms with Crippen molar-refractivity contribution in [2.45, 2.75) is 25.6 Å². The van der Waals surface area contributed by atoms with Crippen LogP contribution in [0.1, 0.15) is 25.3 Å². The second-order valence-corrected chi connectivity index (χ2v) is 3.79. The van der Waals surface area contributed by atoms with Gasteiger partial charge in [0, 0.05) is 13.7 Å². The number of aliphatic hydroxyl groups excluding tert-OH is 1. The summed E-state index contributed by atoms with van der Waals surface area (Å²) in [4.78, 5) is 4.02. The summed E-state index contributed by atoms with van der Waals surface area (Å²) in [6.45, 7) is 2.80. The van der Waals surface area contributed by atoms with Crippen LogP contribution in [-0.2, 0) is 11.8 Å². The van der Waals surface area contributed by atoms with Gasteiger partial charge < -0.3 is 9.84 Å². The predicted octanol–water partition coefficient (Wildman–Crippen LogP) is 0.273. The Morgan fingerprint density at radius 1 is 1.71 bits per heavy atom. The zero-order valence-corrected chi connectivity index (χ0v) is 8.42. The van der Waals surface area contributed by atoms with Gasteiger partial charge in [0.15, 0.2) is 5.82 Å². The van der Waals surface area contributed by atoms with Gasteiger partial charge in [-0.25, -0.2) is 4.98 Å². The third kappa shape index (κ3) is 1.53. The largest absolute Gasteiger partial charge is 0.382 e. The Balaban J connectivity index is 2.15. The molecule has 0 radical (unpaired) electrons. The fraction of sp³-hybridized carbons (Fsp3) is 0.778. The van der Waals surface area contributed by atoms with Gasteiger partial charge in [-0.1, -0.05) is 6.92 Å². The van der Waals surface area contributed by atoms with E-state index in [4.69, 9.17) is 4.74 Å². The van der Waals surface area contributed by atoms with Crippen LogP contribution in [0.5, 0.6) is 0 Å². The summed E-state index contributed by atoms with van der Waals surface area (Å²) in [5, 5.41) is 13.9. The third-order valence-corrected chi connectivity index (χ3v) is 2.77. The zero-order chi connectivity index (χ0) is 10.1. The zero-order valence-electron chi connectivity index (χ0n) is 8.42. The highest BCUT2D eigenvalue weighted by atomic mass is 16.5. The van der Waals surface area contributed by atoms with Gasteiger partial charge in [0.2, 0.25) is 0 Å². The molecule has 0 amide bonds. The highest BCUT2D eigenvalue weighted by molar-refractivity contribution is 4.96. The molecule has 1 aliphatic heterocycles. The van der Waals surface area contributed by atoms with Crippen molar-refractivity contribution < 1.29 is 9.84 Å². The van der Waals surface area contributed by atoms with Crippen molar-refractivity contribution in [1.82, 2.24) is 14.8 Å². The minimum Gasteiger partial charge on any atom is -0.382 e. The lowest BCUT2D eigenvalue weighted by Gasteiger charge is -2.20. The van der Waals surface area contributed by atoms with Crippen LogP contribution < -0.4 is 0 Å². The summed E-state index contributed by atoms with van der Waals surface area (Å²) in [5.74, 6) is 0.949. The molecule has 0 aromatic carbocycles. The van der Waals surface area contributed by atoms with E-state index in [0.29, 0.717) is 11.7 Å². The summed E-state index contributed by atoms with van der Waals surface area (Å²) in [6.07, 6.45) is 1.63. The number of hydrogen-bond donors (Lipinski definition) is 1. The highest BCUT2D eigenvalue weighted by Crippen LogP contribution is 2.29. The van der Waals surface area contributed by atoms with Crippen LogP contribution in [0.25, 0.3) is 0 Å². The molecule has 1 saturated heterocycles. The van der Waals surface area contributed by atoms with Crippen molar-refractivity contribution in [3.05, 3.63) is 12.2 Å². The molecule has 3 unspecified atom stereocenters. The quantitative estimate of drug-likeness (QED) is 0.739. The Morgan fingerprint density at radius 3 is 3.00 bits per heavy atom. The standard InChI is InChI=1S/C9H15N3O2/c1-6-3-4-14-8(6)7(13)9-10-5-11-12(9)2/h5-8,13H,3-4H2,1-2H3. The van der Waals surface area contributed by atoms with Crippen LogP contribution in [0, 0.1) is 5.92 Å². The molecule has 0 saturated carbocycles. The Bertz CT molecular complexity index is 313. The molecule has 78 valence electrons. The first kappa shape index (κ1) is 9.61. The normalized spacial score (nSPS) is 29.4. The molecule has 1 N–H and O–H groups in total. The van der Waals surface area contributed by atoms with Gasteiger partial charge in [0.05, 0.1) is 6.10 Å². The molecule has 0 aliphatic carbocycles. The predicted molar refractivity (Wildman–Crippen MR) is 49.5 cm³/mol. The smallest absolute Gasteiger partial charge is 0.158 e. The highest BCUT2D eigenvalue weighted by Gasteiger charge is 2.33. The molecule has 0 bridgehead atoms. The van der Waals surface area contributed by atoms with Crippen LogP contribution in [0.15, 0.2) is 6.33 Å². The Labute approximate surface area is 82.7 Å². The van der Waals surface area contributed by atoms with Crippen molar-refractivity contribution in [3.8, 4) is 0 Å². The lowest BCUT2D eigenvalue weighted by molar-refractivity contribution is -0.0236. The van der Waals surface area contributed by atoms with Gasteiger partial charge in [-0.15, -0.1) is 0 Å². The number of aryl methyl sites for hydroxylation is 1. The number of nitrogens with zero attached hydrogens (tertiary/aromatic N) is 3. The Morgan fingerprint density at radius 2 is 2.50 bits per heavy atom.